The van der Waals surface area contributed by atoms with Gasteiger partial charge in [0, 0.05) is 0 Å². The van der Waals surface area contributed by atoms with Gasteiger partial charge >= 0.3 is 11.9 Å². The fourth-order valence-electron chi connectivity index (χ4n) is 1.13. The number of hydrogen-bond donors (Lipinski definition) is 2. The van der Waals surface area contributed by atoms with E-state index in [-0.39, 0.29) is 11.4 Å². The Labute approximate surface area is 112 Å². The molecular formula is C11H8N4O5. The van der Waals surface area contributed by atoms with E-state index in [2.05, 4.69) is 15.2 Å². The zero-order valence-electron chi connectivity index (χ0n) is 9.92. The van der Waals surface area contributed by atoms with Gasteiger partial charge < -0.3 is 10.2 Å². The van der Waals surface area contributed by atoms with Crippen LogP contribution in [0.5, 0.6) is 0 Å². The second kappa shape index (κ2) is 6.69. The van der Waals surface area contributed by atoms with Crippen molar-refractivity contribution in [3.05, 3.63) is 24.0 Å². The minimum atomic E-state index is -1.89. The molecule has 1 aromatic heterocycles. The SMILES string of the molecule is N#Cc1ccc(N=NC(C(=O)O)C(=O)CC(=O)O)cn1. The molecule has 102 valence electrons. The van der Waals surface area contributed by atoms with Gasteiger partial charge in [-0.2, -0.15) is 15.5 Å². The van der Waals surface area contributed by atoms with Gasteiger partial charge in [-0.25, -0.2) is 9.78 Å². The van der Waals surface area contributed by atoms with Gasteiger partial charge in [-0.1, -0.05) is 0 Å². The Morgan fingerprint density at radius 2 is 2.05 bits per heavy atom. The van der Waals surface area contributed by atoms with E-state index in [4.69, 9.17) is 15.5 Å². The quantitative estimate of drug-likeness (QED) is 0.567. The number of carboxylic acids is 2. The molecule has 0 aromatic carbocycles. The van der Waals surface area contributed by atoms with Gasteiger partial charge in [-0.3, -0.25) is 9.59 Å². The van der Waals surface area contributed by atoms with E-state index >= 15 is 0 Å². The number of azo groups is 1. The Hall–Kier alpha value is -3.15. The number of hydrogen-bond acceptors (Lipinski definition) is 7. The molecule has 0 saturated heterocycles. The summed E-state index contributed by atoms with van der Waals surface area (Å²) in [7, 11) is 0. The Kier molecular flexibility index (Phi) is 4.99. The predicted octanol–water partition coefficient (Wildman–Crippen LogP) is 0.534. The smallest absolute Gasteiger partial charge is 0.338 e. The van der Waals surface area contributed by atoms with Crippen LogP contribution in [-0.4, -0.2) is 39.0 Å². The second-order valence-electron chi connectivity index (χ2n) is 3.51. The summed E-state index contributed by atoms with van der Waals surface area (Å²) in [4.78, 5) is 36.2. The third kappa shape index (κ3) is 4.26. The van der Waals surface area contributed by atoms with Crippen molar-refractivity contribution in [3.63, 3.8) is 0 Å². The first kappa shape index (κ1) is 14.9. The van der Waals surface area contributed by atoms with Gasteiger partial charge in [-0.05, 0) is 12.1 Å². The average Bonchev–Trinajstić information content (AvgIpc) is 2.38. The molecule has 0 saturated carbocycles. The first-order valence-electron chi connectivity index (χ1n) is 5.18. The van der Waals surface area contributed by atoms with Crippen molar-refractivity contribution < 1.29 is 24.6 Å². The zero-order valence-corrected chi connectivity index (χ0v) is 9.92. The van der Waals surface area contributed by atoms with Crippen LogP contribution < -0.4 is 0 Å². The molecule has 9 nitrogen and oxygen atoms in total. The minimum absolute atomic E-state index is 0.137. The summed E-state index contributed by atoms with van der Waals surface area (Å²) in [6, 6.07) is 2.59. The topological polar surface area (TPSA) is 153 Å². The summed E-state index contributed by atoms with van der Waals surface area (Å²) in [6.07, 6.45) is 0.213. The molecule has 0 aliphatic heterocycles. The molecule has 0 amide bonds. The number of Topliss-reactive ketones (excluding diaryl/α,β-unsaturated/α-hetero) is 1. The molecule has 20 heavy (non-hydrogen) atoms. The molecule has 0 radical (unpaired) electrons. The molecule has 2 N–H and O–H groups in total. The lowest BCUT2D eigenvalue weighted by atomic mass is 10.1. The van der Waals surface area contributed by atoms with Gasteiger partial charge in [0.2, 0.25) is 6.04 Å². The maximum absolute atomic E-state index is 11.3. The summed E-state index contributed by atoms with van der Waals surface area (Å²) in [6.45, 7) is 0. The lowest BCUT2D eigenvalue weighted by Gasteiger charge is -2.02. The number of aromatic nitrogens is 1. The Morgan fingerprint density at radius 3 is 2.50 bits per heavy atom. The molecule has 1 atom stereocenters. The highest BCUT2D eigenvalue weighted by Crippen LogP contribution is 2.12. The number of pyridine rings is 1. The zero-order chi connectivity index (χ0) is 15.1. The van der Waals surface area contributed by atoms with E-state index in [0.29, 0.717) is 0 Å². The van der Waals surface area contributed by atoms with Crippen molar-refractivity contribution in [1.82, 2.24) is 4.98 Å². The van der Waals surface area contributed by atoms with Crippen molar-refractivity contribution in [2.75, 3.05) is 0 Å². The lowest BCUT2D eigenvalue weighted by Crippen LogP contribution is -2.29. The molecular weight excluding hydrogens is 268 g/mol. The number of nitriles is 1. The first-order chi connectivity index (χ1) is 9.43. The van der Waals surface area contributed by atoms with E-state index in [1.807, 2.05) is 0 Å². The van der Waals surface area contributed by atoms with Crippen LogP contribution in [0, 0.1) is 11.3 Å². The van der Waals surface area contributed by atoms with E-state index in [9.17, 15) is 14.4 Å². The Morgan fingerprint density at radius 1 is 1.35 bits per heavy atom. The van der Waals surface area contributed by atoms with E-state index in [1.165, 1.54) is 18.3 Å². The molecule has 0 fully saturated rings. The maximum atomic E-state index is 11.3. The number of aliphatic carboxylic acids is 2. The molecule has 1 aromatic rings. The number of nitrogens with zero attached hydrogens (tertiary/aromatic N) is 4. The van der Waals surface area contributed by atoms with E-state index in [0.717, 1.165) is 0 Å². The van der Waals surface area contributed by atoms with Crippen molar-refractivity contribution >= 4 is 23.4 Å². The summed E-state index contributed by atoms with van der Waals surface area (Å²) >= 11 is 0. The fourth-order valence-corrected chi connectivity index (χ4v) is 1.13. The largest absolute Gasteiger partial charge is 0.481 e. The molecule has 9 heteroatoms. The lowest BCUT2D eigenvalue weighted by molar-refractivity contribution is -0.144. The van der Waals surface area contributed by atoms with Crippen LogP contribution in [0.2, 0.25) is 0 Å². The van der Waals surface area contributed by atoms with Crippen molar-refractivity contribution in [2.24, 2.45) is 10.2 Å². The highest BCUT2D eigenvalue weighted by atomic mass is 16.4. The Bertz CT molecular complexity index is 602. The van der Waals surface area contributed by atoms with Gasteiger partial charge in [0.25, 0.3) is 0 Å². The van der Waals surface area contributed by atoms with Crippen molar-refractivity contribution in [3.8, 4) is 6.07 Å². The normalized spacial score (nSPS) is 11.8. The van der Waals surface area contributed by atoms with Crippen molar-refractivity contribution in [2.45, 2.75) is 12.5 Å². The van der Waals surface area contributed by atoms with Crippen LogP contribution in [0.25, 0.3) is 0 Å². The number of carboxylic acid groups (broad SMARTS) is 2. The van der Waals surface area contributed by atoms with Crippen LogP contribution in [0.4, 0.5) is 5.69 Å². The van der Waals surface area contributed by atoms with Crippen LogP contribution >= 0.6 is 0 Å². The minimum Gasteiger partial charge on any atom is -0.481 e. The Balaban J connectivity index is 2.86. The number of rotatable bonds is 6. The third-order valence-electron chi connectivity index (χ3n) is 2.02. The van der Waals surface area contributed by atoms with Crippen LogP contribution in [0.1, 0.15) is 12.1 Å². The van der Waals surface area contributed by atoms with Gasteiger partial charge in [0.05, 0.1) is 6.20 Å². The van der Waals surface area contributed by atoms with Crippen molar-refractivity contribution in [1.29, 1.82) is 5.26 Å². The summed E-state index contributed by atoms with van der Waals surface area (Å²) < 4.78 is 0. The molecule has 0 aliphatic carbocycles. The first-order valence-corrected chi connectivity index (χ1v) is 5.18. The van der Waals surface area contributed by atoms with E-state index in [1.54, 1.807) is 6.07 Å². The second-order valence-corrected chi connectivity index (χ2v) is 3.51. The molecule has 1 rings (SSSR count). The maximum Gasteiger partial charge on any atom is 0.338 e. The third-order valence-corrected chi connectivity index (χ3v) is 2.02. The van der Waals surface area contributed by atoms with Gasteiger partial charge in [0.1, 0.15) is 23.9 Å². The summed E-state index contributed by atoms with van der Waals surface area (Å²) in [5.74, 6) is -4.13. The standard InChI is InChI=1S/C11H8N4O5/c12-4-6-1-2-7(5-13-6)14-15-10(11(19)20)8(16)3-9(17)18/h1-2,5,10H,3H2,(H,17,18)(H,19,20). The monoisotopic (exact) mass is 276 g/mol. The van der Waals surface area contributed by atoms with Crippen LogP contribution in [-0.2, 0) is 14.4 Å². The van der Waals surface area contributed by atoms with Gasteiger partial charge in [-0.15, -0.1) is 0 Å². The summed E-state index contributed by atoms with van der Waals surface area (Å²) in [5, 5.41) is 32.5. The number of carbonyl (C=O) groups is 3. The highest BCUT2D eigenvalue weighted by Gasteiger charge is 2.27. The summed E-state index contributed by atoms with van der Waals surface area (Å²) in [5.41, 5.74) is 0.277. The molecule has 0 spiro atoms. The van der Waals surface area contributed by atoms with Crippen LogP contribution in [0.3, 0.4) is 0 Å². The highest BCUT2D eigenvalue weighted by molar-refractivity contribution is 6.08. The van der Waals surface area contributed by atoms with Crippen LogP contribution in [0.15, 0.2) is 28.6 Å². The number of ketones is 1. The van der Waals surface area contributed by atoms with E-state index < -0.39 is 30.2 Å². The molecule has 1 unspecified atom stereocenters. The predicted molar refractivity (Wildman–Crippen MR) is 62.2 cm³/mol. The van der Waals surface area contributed by atoms with Gasteiger partial charge in [0.15, 0.2) is 5.78 Å². The molecule has 0 aliphatic rings. The molecule has 0 bridgehead atoms. The average molecular weight is 276 g/mol. The fraction of sp³-hybridized carbons (Fsp3) is 0.182. The number of carbonyl (C=O) groups excluding carboxylic acids is 1. The molecule has 1 heterocycles.